The van der Waals surface area contributed by atoms with Crippen molar-refractivity contribution in [2.75, 3.05) is 25.0 Å². The van der Waals surface area contributed by atoms with E-state index in [0.29, 0.717) is 17.8 Å². The minimum atomic E-state index is -0.479. The second-order valence-electron chi connectivity index (χ2n) is 5.87. The molecule has 1 fully saturated rings. The number of likely N-dealkylation sites (tertiary alicyclic amines) is 1. The fourth-order valence-corrected chi connectivity index (χ4v) is 3.05. The molecule has 122 valence electrons. The third kappa shape index (κ3) is 3.53. The highest BCUT2D eigenvalue weighted by Crippen LogP contribution is 2.27. The number of hydrogen-bond acceptors (Lipinski definition) is 5. The monoisotopic (exact) mass is 314 g/mol. The maximum absolute atomic E-state index is 11.5. The Bertz CT molecular complexity index is 677. The molecule has 3 rings (SSSR count). The minimum absolute atomic E-state index is 0.139. The highest BCUT2D eigenvalue weighted by Gasteiger charge is 2.26. The smallest absolute Gasteiger partial charge is 0.252 e. The number of primary amides is 1. The van der Waals surface area contributed by atoms with E-state index in [2.05, 4.69) is 15.2 Å². The van der Waals surface area contributed by atoms with E-state index in [-0.39, 0.29) is 6.04 Å². The maximum Gasteiger partial charge on any atom is 0.252 e. The summed E-state index contributed by atoms with van der Waals surface area (Å²) in [6, 6.07) is 5.93. The van der Waals surface area contributed by atoms with Crippen molar-refractivity contribution in [3.8, 4) is 0 Å². The molecule has 2 aromatic heterocycles. The van der Waals surface area contributed by atoms with Crippen molar-refractivity contribution < 1.29 is 9.21 Å². The van der Waals surface area contributed by atoms with Crippen LogP contribution in [0.5, 0.6) is 0 Å². The molecule has 1 unspecified atom stereocenters. The summed E-state index contributed by atoms with van der Waals surface area (Å²) in [4.78, 5) is 17.9. The van der Waals surface area contributed by atoms with E-state index in [1.165, 1.54) is 19.0 Å². The van der Waals surface area contributed by atoms with Gasteiger partial charge in [-0.25, -0.2) is 0 Å². The van der Waals surface area contributed by atoms with Gasteiger partial charge >= 0.3 is 0 Å². The van der Waals surface area contributed by atoms with Gasteiger partial charge in [-0.2, -0.15) is 0 Å². The van der Waals surface area contributed by atoms with Crippen molar-refractivity contribution in [2.24, 2.45) is 5.73 Å². The van der Waals surface area contributed by atoms with Crippen LogP contribution in [0.4, 0.5) is 5.69 Å². The number of pyridine rings is 1. The van der Waals surface area contributed by atoms with Crippen molar-refractivity contribution in [3.05, 3.63) is 47.7 Å². The van der Waals surface area contributed by atoms with Crippen molar-refractivity contribution in [2.45, 2.75) is 25.8 Å². The standard InChI is InChI=1S/C17H22N4O2/c1-12-4-5-16(23-12)15(21-8-2-3-9-21)11-20-14-6-7-19-10-13(14)17(18)22/h4-7,10,15H,2-3,8-9,11H2,1H3,(H2,18,22)(H,19,20). The van der Waals surface area contributed by atoms with Gasteiger partial charge in [0.2, 0.25) is 0 Å². The molecule has 0 radical (unpaired) electrons. The number of nitrogens with zero attached hydrogens (tertiary/aromatic N) is 2. The van der Waals surface area contributed by atoms with E-state index in [1.807, 2.05) is 19.1 Å². The van der Waals surface area contributed by atoms with Crippen LogP contribution in [0, 0.1) is 6.92 Å². The van der Waals surface area contributed by atoms with Crippen LogP contribution in [0.15, 0.2) is 35.0 Å². The number of anilines is 1. The van der Waals surface area contributed by atoms with Crippen LogP contribution >= 0.6 is 0 Å². The number of carbonyl (C=O) groups is 1. The summed E-state index contributed by atoms with van der Waals surface area (Å²) >= 11 is 0. The molecule has 2 aromatic rings. The van der Waals surface area contributed by atoms with Gasteiger partial charge in [-0.3, -0.25) is 14.7 Å². The average Bonchev–Trinajstić information content (AvgIpc) is 3.20. The molecule has 0 bridgehead atoms. The predicted molar refractivity (Wildman–Crippen MR) is 88.2 cm³/mol. The van der Waals surface area contributed by atoms with Crippen molar-refractivity contribution in [1.29, 1.82) is 0 Å². The number of nitrogens with two attached hydrogens (primary N) is 1. The van der Waals surface area contributed by atoms with Crippen molar-refractivity contribution in [1.82, 2.24) is 9.88 Å². The Morgan fingerprint density at radius 3 is 2.83 bits per heavy atom. The summed E-state index contributed by atoms with van der Waals surface area (Å²) < 4.78 is 5.84. The molecule has 1 aliphatic heterocycles. The van der Waals surface area contributed by atoms with Gasteiger partial charge < -0.3 is 15.5 Å². The molecular weight excluding hydrogens is 292 g/mol. The topological polar surface area (TPSA) is 84.4 Å². The summed E-state index contributed by atoms with van der Waals surface area (Å²) in [5.41, 5.74) is 6.52. The van der Waals surface area contributed by atoms with E-state index in [1.54, 1.807) is 12.3 Å². The van der Waals surface area contributed by atoms with Crippen LogP contribution in [-0.4, -0.2) is 35.4 Å². The Hall–Kier alpha value is -2.34. The third-order valence-corrected chi connectivity index (χ3v) is 4.24. The second-order valence-corrected chi connectivity index (χ2v) is 5.87. The van der Waals surface area contributed by atoms with E-state index < -0.39 is 5.91 Å². The number of carbonyl (C=O) groups excluding carboxylic acids is 1. The SMILES string of the molecule is Cc1ccc(C(CNc2ccncc2C(N)=O)N2CCCC2)o1. The lowest BCUT2D eigenvalue weighted by molar-refractivity contribution is 0.100. The predicted octanol–water partition coefficient (Wildman–Crippen LogP) is 2.33. The second kappa shape index (κ2) is 6.83. The zero-order valence-corrected chi connectivity index (χ0v) is 13.3. The number of amides is 1. The van der Waals surface area contributed by atoms with E-state index in [0.717, 1.165) is 24.6 Å². The molecule has 0 saturated carbocycles. The molecule has 0 aromatic carbocycles. The van der Waals surface area contributed by atoms with Crippen LogP contribution in [0.2, 0.25) is 0 Å². The first-order chi connectivity index (χ1) is 11.1. The zero-order chi connectivity index (χ0) is 16.2. The van der Waals surface area contributed by atoms with Gasteiger partial charge in [-0.15, -0.1) is 0 Å². The van der Waals surface area contributed by atoms with Crippen LogP contribution in [0.3, 0.4) is 0 Å². The number of hydrogen-bond donors (Lipinski definition) is 2. The largest absolute Gasteiger partial charge is 0.465 e. The number of aromatic nitrogens is 1. The van der Waals surface area contributed by atoms with Gasteiger partial charge in [0.15, 0.2) is 0 Å². The van der Waals surface area contributed by atoms with Crippen LogP contribution < -0.4 is 11.1 Å². The Kier molecular flexibility index (Phi) is 4.62. The van der Waals surface area contributed by atoms with Crippen molar-refractivity contribution in [3.63, 3.8) is 0 Å². The molecular formula is C17H22N4O2. The van der Waals surface area contributed by atoms with Crippen LogP contribution in [0.25, 0.3) is 0 Å². The molecule has 3 N–H and O–H groups in total. The molecule has 1 atom stereocenters. The molecule has 6 heteroatoms. The first-order valence-electron chi connectivity index (χ1n) is 7.93. The van der Waals surface area contributed by atoms with Gasteiger partial charge in [0.05, 0.1) is 17.3 Å². The lowest BCUT2D eigenvalue weighted by Gasteiger charge is -2.26. The molecule has 1 saturated heterocycles. The quantitative estimate of drug-likeness (QED) is 0.855. The minimum Gasteiger partial charge on any atom is -0.465 e. The lowest BCUT2D eigenvalue weighted by atomic mass is 10.1. The summed E-state index contributed by atoms with van der Waals surface area (Å²) in [7, 11) is 0. The average molecular weight is 314 g/mol. The number of furan rings is 1. The molecule has 23 heavy (non-hydrogen) atoms. The van der Waals surface area contributed by atoms with Gasteiger partial charge in [-0.05, 0) is 51.1 Å². The Morgan fingerprint density at radius 1 is 1.39 bits per heavy atom. The molecule has 0 spiro atoms. The summed E-state index contributed by atoms with van der Waals surface area (Å²) in [5.74, 6) is 1.38. The Morgan fingerprint density at radius 2 is 2.17 bits per heavy atom. The Labute approximate surface area is 135 Å². The summed E-state index contributed by atoms with van der Waals surface area (Å²) in [5, 5.41) is 3.34. The summed E-state index contributed by atoms with van der Waals surface area (Å²) in [6.07, 6.45) is 5.55. The van der Waals surface area contributed by atoms with E-state index in [4.69, 9.17) is 10.2 Å². The first kappa shape index (κ1) is 15.6. The molecule has 1 aliphatic rings. The normalized spacial score (nSPS) is 16.4. The van der Waals surface area contributed by atoms with Crippen LogP contribution in [0.1, 0.15) is 40.8 Å². The van der Waals surface area contributed by atoms with Gasteiger partial charge in [0.25, 0.3) is 5.91 Å². The fourth-order valence-electron chi connectivity index (χ4n) is 3.05. The van der Waals surface area contributed by atoms with Gasteiger partial charge in [-0.1, -0.05) is 0 Å². The Balaban J connectivity index is 1.78. The number of aryl methyl sites for hydroxylation is 1. The number of nitrogens with one attached hydrogen (secondary N) is 1. The zero-order valence-electron chi connectivity index (χ0n) is 13.3. The molecule has 0 aliphatic carbocycles. The van der Waals surface area contributed by atoms with Crippen LogP contribution in [-0.2, 0) is 0 Å². The molecule has 1 amide bonds. The van der Waals surface area contributed by atoms with Gasteiger partial charge in [0, 0.05) is 18.9 Å². The van der Waals surface area contributed by atoms with Crippen molar-refractivity contribution >= 4 is 11.6 Å². The van der Waals surface area contributed by atoms with E-state index >= 15 is 0 Å². The highest BCUT2D eigenvalue weighted by atomic mass is 16.3. The van der Waals surface area contributed by atoms with Gasteiger partial charge in [0.1, 0.15) is 11.5 Å². The third-order valence-electron chi connectivity index (χ3n) is 4.24. The summed E-state index contributed by atoms with van der Waals surface area (Å²) in [6.45, 7) is 4.72. The highest BCUT2D eigenvalue weighted by molar-refractivity contribution is 5.98. The molecule has 6 nitrogen and oxygen atoms in total. The lowest BCUT2D eigenvalue weighted by Crippen LogP contribution is -2.31. The maximum atomic E-state index is 11.5. The fraction of sp³-hybridized carbons (Fsp3) is 0.412. The first-order valence-corrected chi connectivity index (χ1v) is 7.93. The number of rotatable bonds is 6. The molecule has 3 heterocycles. The van der Waals surface area contributed by atoms with E-state index in [9.17, 15) is 4.79 Å².